The van der Waals surface area contributed by atoms with Crippen LogP contribution in [0, 0.1) is 11.3 Å². The maximum absolute atomic E-state index is 13.2. The van der Waals surface area contributed by atoms with E-state index in [0.717, 1.165) is 16.9 Å². The van der Waals surface area contributed by atoms with E-state index in [4.69, 9.17) is 15.2 Å². The van der Waals surface area contributed by atoms with E-state index in [-0.39, 0.29) is 23.2 Å². The summed E-state index contributed by atoms with van der Waals surface area (Å²) >= 11 is 0. The molecule has 0 unspecified atom stereocenters. The van der Waals surface area contributed by atoms with Gasteiger partial charge in [0.2, 0.25) is 5.88 Å². The molecule has 4 rings (SSSR count). The molecule has 0 radical (unpaired) electrons. The molecule has 146 valence electrons. The van der Waals surface area contributed by atoms with E-state index in [1.165, 1.54) is 0 Å². The summed E-state index contributed by atoms with van der Waals surface area (Å²) in [5.41, 5.74) is 8.85. The molecule has 0 saturated heterocycles. The van der Waals surface area contributed by atoms with Gasteiger partial charge in [0.1, 0.15) is 23.2 Å². The minimum Gasteiger partial charge on any atom is -0.494 e. The SMILES string of the molecule is CCOc1ccc([C@@H]2C(C#N)=C(N)OC3=C2C(=O)C[C@H](c2ccccc2)C3)cc1. The molecule has 29 heavy (non-hydrogen) atoms. The minimum atomic E-state index is -0.511. The van der Waals surface area contributed by atoms with E-state index in [1.54, 1.807) is 0 Å². The number of hydrogen-bond acceptors (Lipinski definition) is 5. The third-order valence-corrected chi connectivity index (χ3v) is 5.46. The Kier molecular flexibility index (Phi) is 5.09. The third-order valence-electron chi connectivity index (χ3n) is 5.46. The Hall–Kier alpha value is -3.52. The largest absolute Gasteiger partial charge is 0.494 e. The van der Waals surface area contributed by atoms with Gasteiger partial charge in [-0.05, 0) is 36.1 Å². The summed E-state index contributed by atoms with van der Waals surface area (Å²) in [4.78, 5) is 13.2. The van der Waals surface area contributed by atoms with Crippen LogP contribution in [0.4, 0.5) is 0 Å². The van der Waals surface area contributed by atoms with Crippen molar-refractivity contribution in [3.8, 4) is 11.8 Å². The molecule has 0 fully saturated rings. The molecule has 0 spiro atoms. The lowest BCUT2D eigenvalue weighted by Gasteiger charge is -2.34. The van der Waals surface area contributed by atoms with Crippen molar-refractivity contribution in [3.63, 3.8) is 0 Å². The highest BCUT2D eigenvalue weighted by Crippen LogP contribution is 2.46. The second-order valence-corrected chi connectivity index (χ2v) is 7.20. The highest BCUT2D eigenvalue weighted by molar-refractivity contribution is 6.00. The van der Waals surface area contributed by atoms with Crippen LogP contribution >= 0.6 is 0 Å². The number of ether oxygens (including phenoxy) is 2. The summed E-state index contributed by atoms with van der Waals surface area (Å²) in [5.74, 6) is 0.923. The van der Waals surface area contributed by atoms with E-state index >= 15 is 0 Å². The van der Waals surface area contributed by atoms with Crippen molar-refractivity contribution >= 4 is 5.78 Å². The number of hydrogen-bond donors (Lipinski definition) is 1. The first-order chi connectivity index (χ1) is 14.1. The van der Waals surface area contributed by atoms with Gasteiger partial charge in [-0.1, -0.05) is 42.5 Å². The van der Waals surface area contributed by atoms with Crippen molar-refractivity contribution in [3.05, 3.63) is 88.5 Å². The number of Topliss-reactive ketones (excluding diaryl/α,β-unsaturated/α-hetero) is 1. The van der Waals surface area contributed by atoms with Gasteiger partial charge in [-0.25, -0.2) is 0 Å². The molecule has 2 aliphatic rings. The Morgan fingerprint density at radius 3 is 2.48 bits per heavy atom. The average Bonchev–Trinajstić information content (AvgIpc) is 2.74. The summed E-state index contributed by atoms with van der Waals surface area (Å²) in [6.45, 7) is 2.49. The first-order valence-electron chi connectivity index (χ1n) is 9.73. The number of carbonyl (C=O) groups is 1. The molecule has 2 atom stereocenters. The lowest BCUT2D eigenvalue weighted by molar-refractivity contribution is -0.117. The van der Waals surface area contributed by atoms with Gasteiger partial charge in [-0.15, -0.1) is 0 Å². The normalized spacial score (nSPS) is 21.3. The minimum absolute atomic E-state index is 0.000706. The molecule has 2 aromatic carbocycles. The van der Waals surface area contributed by atoms with E-state index in [1.807, 2.05) is 61.5 Å². The molecule has 0 aromatic heterocycles. The van der Waals surface area contributed by atoms with Crippen LogP contribution in [0.3, 0.4) is 0 Å². The lowest BCUT2D eigenvalue weighted by Crippen LogP contribution is -2.29. The fraction of sp³-hybridized carbons (Fsp3) is 0.250. The van der Waals surface area contributed by atoms with Gasteiger partial charge < -0.3 is 15.2 Å². The topological polar surface area (TPSA) is 85.3 Å². The van der Waals surface area contributed by atoms with Crippen molar-refractivity contribution in [1.82, 2.24) is 0 Å². The zero-order valence-corrected chi connectivity index (χ0v) is 16.2. The van der Waals surface area contributed by atoms with Gasteiger partial charge in [-0.3, -0.25) is 4.79 Å². The summed E-state index contributed by atoms with van der Waals surface area (Å²) in [5, 5.41) is 9.71. The van der Waals surface area contributed by atoms with Crippen LogP contribution in [-0.4, -0.2) is 12.4 Å². The first-order valence-corrected chi connectivity index (χ1v) is 9.73. The van der Waals surface area contributed by atoms with Crippen LogP contribution in [0.25, 0.3) is 0 Å². The smallest absolute Gasteiger partial charge is 0.205 e. The van der Waals surface area contributed by atoms with Gasteiger partial charge in [0.25, 0.3) is 0 Å². The summed E-state index contributed by atoms with van der Waals surface area (Å²) in [7, 11) is 0. The number of allylic oxidation sites excluding steroid dienone is 3. The Morgan fingerprint density at radius 1 is 1.10 bits per heavy atom. The molecule has 2 aromatic rings. The van der Waals surface area contributed by atoms with Crippen molar-refractivity contribution in [2.75, 3.05) is 6.61 Å². The number of carbonyl (C=O) groups excluding carboxylic acids is 1. The number of ketones is 1. The molecule has 0 bridgehead atoms. The van der Waals surface area contributed by atoms with Gasteiger partial charge in [0.15, 0.2) is 5.78 Å². The Balaban J connectivity index is 1.74. The van der Waals surface area contributed by atoms with E-state index in [9.17, 15) is 10.1 Å². The predicted molar refractivity (Wildman–Crippen MR) is 109 cm³/mol. The second kappa shape index (κ2) is 7.84. The molecule has 1 aliphatic heterocycles. The summed E-state index contributed by atoms with van der Waals surface area (Å²) in [6.07, 6.45) is 0.969. The fourth-order valence-corrected chi connectivity index (χ4v) is 4.13. The molecule has 2 N–H and O–H groups in total. The Morgan fingerprint density at radius 2 is 1.83 bits per heavy atom. The molecule has 1 aliphatic carbocycles. The third kappa shape index (κ3) is 3.50. The Bertz CT molecular complexity index is 1030. The Labute approximate surface area is 170 Å². The van der Waals surface area contributed by atoms with Gasteiger partial charge in [0.05, 0.1) is 12.5 Å². The molecule has 0 saturated carbocycles. The lowest BCUT2D eigenvalue weighted by atomic mass is 9.73. The summed E-state index contributed by atoms with van der Waals surface area (Å²) < 4.78 is 11.3. The number of nitriles is 1. The van der Waals surface area contributed by atoms with E-state index < -0.39 is 5.92 Å². The van der Waals surface area contributed by atoms with E-state index in [0.29, 0.717) is 30.8 Å². The van der Waals surface area contributed by atoms with Crippen molar-refractivity contribution in [1.29, 1.82) is 5.26 Å². The molecule has 0 amide bonds. The zero-order chi connectivity index (χ0) is 20.4. The maximum Gasteiger partial charge on any atom is 0.205 e. The highest BCUT2D eigenvalue weighted by Gasteiger charge is 2.40. The van der Waals surface area contributed by atoms with Crippen molar-refractivity contribution in [2.45, 2.75) is 31.6 Å². The monoisotopic (exact) mass is 386 g/mol. The summed E-state index contributed by atoms with van der Waals surface area (Å²) in [6, 6.07) is 19.5. The number of nitrogens with zero attached hydrogens (tertiary/aromatic N) is 1. The van der Waals surface area contributed by atoms with Crippen LogP contribution in [0.5, 0.6) is 5.75 Å². The molecular weight excluding hydrogens is 364 g/mol. The fourth-order valence-electron chi connectivity index (χ4n) is 4.13. The molecule has 5 heteroatoms. The maximum atomic E-state index is 13.2. The standard InChI is InChI=1S/C24H22N2O3/c1-2-28-18-10-8-16(9-11-18)22-19(14-25)24(26)29-21-13-17(12-20(27)23(21)22)15-6-4-3-5-7-15/h3-11,17,22H,2,12-13,26H2,1H3/t17-,22+/m0/s1. The van der Waals surface area contributed by atoms with Crippen LogP contribution in [0.15, 0.2) is 77.4 Å². The van der Waals surface area contributed by atoms with Gasteiger partial charge in [-0.2, -0.15) is 5.26 Å². The number of nitrogens with two attached hydrogens (primary N) is 1. The number of rotatable bonds is 4. The van der Waals surface area contributed by atoms with Gasteiger partial charge in [0, 0.05) is 18.4 Å². The van der Waals surface area contributed by atoms with Gasteiger partial charge >= 0.3 is 0 Å². The van der Waals surface area contributed by atoms with Crippen LogP contribution < -0.4 is 10.5 Å². The first kappa shape index (κ1) is 18.8. The van der Waals surface area contributed by atoms with Crippen molar-refractivity contribution < 1.29 is 14.3 Å². The molecule has 5 nitrogen and oxygen atoms in total. The average molecular weight is 386 g/mol. The highest BCUT2D eigenvalue weighted by atomic mass is 16.5. The van der Waals surface area contributed by atoms with Crippen LogP contribution in [-0.2, 0) is 9.53 Å². The van der Waals surface area contributed by atoms with Crippen molar-refractivity contribution in [2.24, 2.45) is 5.73 Å². The zero-order valence-electron chi connectivity index (χ0n) is 16.2. The van der Waals surface area contributed by atoms with E-state index in [2.05, 4.69) is 6.07 Å². The quantitative estimate of drug-likeness (QED) is 0.847. The predicted octanol–water partition coefficient (Wildman–Crippen LogP) is 4.29. The van der Waals surface area contributed by atoms with Crippen LogP contribution in [0.1, 0.15) is 42.7 Å². The van der Waals surface area contributed by atoms with Crippen LogP contribution in [0.2, 0.25) is 0 Å². The number of benzene rings is 2. The molecular formula is C24H22N2O3. The second-order valence-electron chi connectivity index (χ2n) is 7.20. The molecule has 1 heterocycles.